The van der Waals surface area contributed by atoms with E-state index >= 15 is 0 Å². The number of amides is 7. The summed E-state index contributed by atoms with van der Waals surface area (Å²) in [5, 5.41) is 9.74. The number of nitrogens with two attached hydrogens (primary N) is 1. The van der Waals surface area contributed by atoms with Crippen LogP contribution in [0.1, 0.15) is 73.1 Å². The van der Waals surface area contributed by atoms with Crippen LogP contribution in [0.15, 0.2) is 12.2 Å². The van der Waals surface area contributed by atoms with Gasteiger partial charge >= 0.3 is 6.03 Å². The molecule has 0 fully saturated rings. The number of carbonyl (C=O) groups excluding carboxylic acids is 7. The van der Waals surface area contributed by atoms with Crippen molar-refractivity contribution < 1.29 is 46.5 Å². The first kappa shape index (κ1) is 39.2. The van der Waals surface area contributed by atoms with Gasteiger partial charge in [-0.15, -0.1) is 0 Å². The minimum Gasteiger partial charge on any atom is -0.352 e. The summed E-state index contributed by atoms with van der Waals surface area (Å²) in [6.45, 7) is 8.57. The van der Waals surface area contributed by atoms with Crippen LogP contribution >= 0.6 is 0 Å². The second-order valence-electron chi connectivity index (χ2n) is 12.2. The molecule has 16 nitrogen and oxygen atoms in total. The summed E-state index contributed by atoms with van der Waals surface area (Å²) in [5.41, 5.74) is 4.23. The molecule has 7 amide bonds. The highest BCUT2D eigenvalue weighted by atomic mass is 32.2. The fourth-order valence-electron chi connectivity index (χ4n) is 4.40. The number of hydrogen-bond acceptors (Lipinski definition) is 9. The van der Waals surface area contributed by atoms with Crippen LogP contribution in [-0.4, -0.2) is 96.2 Å². The molecule has 0 spiro atoms. The normalized spacial score (nSPS) is 15.4. The Kier molecular flexibility index (Phi) is 15.3. The Bertz CT molecular complexity index is 1240. The van der Waals surface area contributed by atoms with Gasteiger partial charge < -0.3 is 27.0 Å². The van der Waals surface area contributed by atoms with Crippen molar-refractivity contribution in [2.45, 2.75) is 91.3 Å². The molecule has 1 heterocycles. The first-order valence-electron chi connectivity index (χ1n) is 14.7. The summed E-state index contributed by atoms with van der Waals surface area (Å²) in [4.78, 5) is 87.3. The van der Waals surface area contributed by atoms with Gasteiger partial charge in [-0.2, -0.15) is 8.42 Å². The molecule has 45 heavy (non-hydrogen) atoms. The topological polar surface area (TPSA) is 251 Å². The molecule has 17 heteroatoms. The Hall–Kier alpha value is -3.86. The maximum absolute atomic E-state index is 13.3. The average Bonchev–Trinajstić information content (AvgIpc) is 3.22. The molecule has 0 saturated heterocycles. The third-order valence-corrected chi connectivity index (χ3v) is 7.56. The molecule has 0 aromatic heterocycles. The predicted octanol–water partition coefficient (Wildman–Crippen LogP) is -0.466. The highest BCUT2D eigenvalue weighted by Crippen LogP contribution is 2.19. The number of unbranched alkanes of at least 4 members (excludes halogenated alkanes) is 2. The van der Waals surface area contributed by atoms with E-state index in [9.17, 15) is 46.5 Å². The first-order valence-corrected chi connectivity index (χ1v) is 16.3. The summed E-state index contributed by atoms with van der Waals surface area (Å²) < 4.78 is 32.7. The Balaban J connectivity index is 2.88. The number of imide groups is 1. The zero-order valence-electron chi connectivity index (χ0n) is 26.4. The summed E-state index contributed by atoms with van der Waals surface area (Å²) in [6.07, 6.45) is 3.84. The third-order valence-electron chi connectivity index (χ3n) is 6.80. The summed E-state index contributed by atoms with van der Waals surface area (Å²) in [6, 6.07) is -4.70. The predicted molar refractivity (Wildman–Crippen MR) is 163 cm³/mol. The Morgan fingerprint density at radius 1 is 0.889 bits per heavy atom. The van der Waals surface area contributed by atoms with Crippen molar-refractivity contribution in [3.63, 3.8) is 0 Å². The van der Waals surface area contributed by atoms with Gasteiger partial charge in [-0.05, 0) is 31.6 Å². The van der Waals surface area contributed by atoms with Crippen molar-refractivity contribution in [2.24, 2.45) is 17.1 Å². The van der Waals surface area contributed by atoms with Gasteiger partial charge in [-0.1, -0.05) is 41.0 Å². The molecule has 0 aliphatic carbocycles. The Labute approximate surface area is 263 Å². The van der Waals surface area contributed by atoms with Crippen molar-refractivity contribution in [2.75, 3.05) is 18.8 Å². The van der Waals surface area contributed by atoms with Crippen LogP contribution in [0, 0.1) is 11.3 Å². The van der Waals surface area contributed by atoms with Crippen LogP contribution < -0.4 is 27.0 Å². The quantitative estimate of drug-likeness (QED) is 0.0591. The molecule has 1 rings (SSSR count). The van der Waals surface area contributed by atoms with Gasteiger partial charge in [0.2, 0.25) is 17.7 Å². The van der Waals surface area contributed by atoms with Crippen LogP contribution in [0.5, 0.6) is 0 Å². The van der Waals surface area contributed by atoms with Crippen molar-refractivity contribution in [3.05, 3.63) is 12.2 Å². The zero-order chi connectivity index (χ0) is 34.5. The van der Waals surface area contributed by atoms with Crippen LogP contribution in [-0.2, 0) is 38.9 Å². The van der Waals surface area contributed by atoms with Crippen LogP contribution in [0.2, 0.25) is 0 Å². The molecule has 3 atom stereocenters. The SMILES string of the molecule is CC(C)[C@@H](NC(=O)[C@@H](CS(=O)(=O)O)NC(=O)CCCCCN1C(=O)C=CC1=O)C(=O)N[C@@H](CCCNC(N)=O)C(=O)C(C)(C)C. The molecule has 0 bridgehead atoms. The minimum absolute atomic E-state index is 0.120. The van der Waals surface area contributed by atoms with Crippen molar-refractivity contribution >= 4 is 51.5 Å². The molecule has 0 aromatic rings. The van der Waals surface area contributed by atoms with E-state index in [2.05, 4.69) is 21.3 Å². The third kappa shape index (κ3) is 14.6. The average molecular weight is 659 g/mol. The molecule has 1 aliphatic rings. The maximum atomic E-state index is 13.3. The molecule has 254 valence electrons. The minimum atomic E-state index is -4.74. The van der Waals surface area contributed by atoms with Gasteiger partial charge in [0, 0.05) is 37.1 Å². The van der Waals surface area contributed by atoms with E-state index in [0.29, 0.717) is 25.7 Å². The molecular formula is C28H46N6O10S. The summed E-state index contributed by atoms with van der Waals surface area (Å²) >= 11 is 0. The molecule has 7 N–H and O–H groups in total. The van der Waals surface area contributed by atoms with E-state index in [1.165, 1.54) is 12.2 Å². The van der Waals surface area contributed by atoms with Crippen molar-refractivity contribution in [1.82, 2.24) is 26.2 Å². The highest BCUT2D eigenvalue weighted by molar-refractivity contribution is 7.85. The molecule has 1 aliphatic heterocycles. The molecular weight excluding hydrogens is 612 g/mol. The summed E-state index contributed by atoms with van der Waals surface area (Å²) in [5.74, 6) is -5.29. The second-order valence-corrected chi connectivity index (χ2v) is 13.7. The van der Waals surface area contributed by atoms with Gasteiger partial charge in [0.15, 0.2) is 5.78 Å². The van der Waals surface area contributed by atoms with Crippen LogP contribution in [0.4, 0.5) is 4.79 Å². The molecule has 0 aromatic carbocycles. The first-order chi connectivity index (χ1) is 20.7. The molecule has 0 unspecified atom stereocenters. The lowest BCUT2D eigenvalue weighted by atomic mass is 9.84. The number of hydrogen-bond donors (Lipinski definition) is 6. The standard InChI is InChI=1S/C28H46N6O10S/c1-17(2)23(26(40)32-18(24(38)28(3,4)5)10-9-14-30-27(29)41)33-25(39)19(16-45(42,43)44)31-20(35)11-7-6-8-15-34-21(36)12-13-22(34)37/h12-13,17-19,23H,6-11,14-16H2,1-5H3,(H,31,35)(H,32,40)(H,33,39)(H3,29,30,41)(H,42,43,44)/t18-,19+,23+/m0/s1. The summed E-state index contributed by atoms with van der Waals surface area (Å²) in [7, 11) is -4.74. The van der Waals surface area contributed by atoms with E-state index in [-0.39, 0.29) is 31.7 Å². The monoisotopic (exact) mass is 658 g/mol. The Morgan fingerprint density at radius 2 is 1.49 bits per heavy atom. The fraction of sp³-hybridized carbons (Fsp3) is 0.679. The lowest BCUT2D eigenvalue weighted by Gasteiger charge is -2.29. The number of rotatable bonds is 19. The maximum Gasteiger partial charge on any atom is 0.312 e. The van der Waals surface area contributed by atoms with E-state index < -0.39 is 80.9 Å². The molecule has 0 radical (unpaired) electrons. The number of Topliss-reactive ketones (excluding diaryl/α,β-unsaturated/α-hetero) is 1. The van der Waals surface area contributed by atoms with Gasteiger partial charge in [0.05, 0.1) is 6.04 Å². The van der Waals surface area contributed by atoms with Crippen molar-refractivity contribution in [1.29, 1.82) is 0 Å². The van der Waals surface area contributed by atoms with Crippen LogP contribution in [0.3, 0.4) is 0 Å². The van der Waals surface area contributed by atoms with E-state index in [4.69, 9.17) is 5.73 Å². The van der Waals surface area contributed by atoms with Gasteiger partial charge in [-0.25, -0.2) is 4.79 Å². The number of primary amides is 1. The van der Waals surface area contributed by atoms with E-state index in [0.717, 1.165) is 4.90 Å². The zero-order valence-corrected chi connectivity index (χ0v) is 27.2. The number of ketones is 1. The lowest BCUT2D eigenvalue weighted by molar-refractivity contribution is -0.137. The van der Waals surface area contributed by atoms with Crippen LogP contribution in [0.25, 0.3) is 0 Å². The number of carbonyl (C=O) groups is 7. The second kappa shape index (κ2) is 17.6. The van der Waals surface area contributed by atoms with Gasteiger partial charge in [0.1, 0.15) is 17.8 Å². The van der Waals surface area contributed by atoms with Crippen molar-refractivity contribution in [3.8, 4) is 0 Å². The smallest absolute Gasteiger partial charge is 0.312 e. The fourth-order valence-corrected chi connectivity index (χ4v) is 5.06. The Morgan fingerprint density at radius 3 is 2.00 bits per heavy atom. The van der Waals surface area contributed by atoms with Gasteiger partial charge in [0.25, 0.3) is 21.9 Å². The largest absolute Gasteiger partial charge is 0.352 e. The number of nitrogens with zero attached hydrogens (tertiary/aromatic N) is 1. The number of nitrogens with one attached hydrogen (secondary N) is 4. The number of urea groups is 1. The lowest BCUT2D eigenvalue weighted by Crippen LogP contribution is -2.59. The van der Waals surface area contributed by atoms with Gasteiger partial charge in [-0.3, -0.25) is 38.2 Å². The molecule has 0 saturated carbocycles. The van der Waals surface area contributed by atoms with E-state index in [1.807, 2.05) is 0 Å². The highest BCUT2D eigenvalue weighted by Gasteiger charge is 2.35. The van der Waals surface area contributed by atoms with E-state index in [1.54, 1.807) is 34.6 Å².